The predicted molar refractivity (Wildman–Crippen MR) is 83.4 cm³/mol. The molecule has 23 heavy (non-hydrogen) atoms. The highest BCUT2D eigenvalue weighted by molar-refractivity contribution is 7.89. The number of rotatable bonds is 6. The van der Waals surface area contributed by atoms with Gasteiger partial charge in [-0.25, -0.2) is 13.1 Å². The molecule has 1 aromatic heterocycles. The number of nitrogens with one attached hydrogen (secondary N) is 1. The molecule has 0 aliphatic carbocycles. The van der Waals surface area contributed by atoms with Gasteiger partial charge in [0.15, 0.2) is 5.82 Å². The van der Waals surface area contributed by atoms with E-state index in [1.165, 1.54) is 32.4 Å². The van der Waals surface area contributed by atoms with Crippen LogP contribution in [-0.2, 0) is 16.6 Å². The van der Waals surface area contributed by atoms with Crippen molar-refractivity contribution in [2.24, 2.45) is 0 Å². The molecule has 0 unspecified atom stereocenters. The monoisotopic (exact) mass is 378 g/mol. The summed E-state index contributed by atoms with van der Waals surface area (Å²) in [5, 5.41) is 0.399. The van der Waals surface area contributed by atoms with Gasteiger partial charge in [-0.1, -0.05) is 23.2 Å². The van der Waals surface area contributed by atoms with E-state index in [1.807, 2.05) is 0 Å². The first-order valence-corrected chi connectivity index (χ1v) is 8.37. The molecule has 124 valence electrons. The van der Waals surface area contributed by atoms with Crippen LogP contribution in [0.25, 0.3) is 0 Å². The molecule has 0 aliphatic rings. The van der Waals surface area contributed by atoms with Crippen LogP contribution in [0.5, 0.6) is 12.0 Å². The Labute approximate surface area is 142 Å². The predicted octanol–water partition coefficient (Wildman–Crippen LogP) is 1.67. The van der Waals surface area contributed by atoms with Crippen LogP contribution in [0.3, 0.4) is 0 Å². The molecule has 0 radical (unpaired) electrons. The topological polar surface area (TPSA) is 103 Å². The normalized spacial score (nSPS) is 11.3. The number of hydrogen-bond acceptors (Lipinski definition) is 7. The molecule has 11 heteroatoms. The molecule has 1 aromatic carbocycles. The van der Waals surface area contributed by atoms with E-state index in [4.69, 9.17) is 32.7 Å². The first-order chi connectivity index (χ1) is 10.9. The fraction of sp³-hybridized carbons (Fsp3) is 0.250. The van der Waals surface area contributed by atoms with Gasteiger partial charge in [0, 0.05) is 0 Å². The zero-order valence-electron chi connectivity index (χ0n) is 12.1. The lowest BCUT2D eigenvalue weighted by molar-refractivity contribution is 0.336. The van der Waals surface area contributed by atoms with E-state index in [1.54, 1.807) is 0 Å². The molecule has 0 aliphatic heterocycles. The van der Waals surface area contributed by atoms with Gasteiger partial charge in [0.1, 0.15) is 0 Å². The SMILES string of the molecule is COc1nc(CNS(=O)(=O)c2ccc(Cl)c(Cl)c2)nc(OC)n1. The van der Waals surface area contributed by atoms with Crippen LogP contribution in [0, 0.1) is 0 Å². The molecular formula is C12H12Cl2N4O4S. The number of nitrogens with zero attached hydrogens (tertiary/aromatic N) is 3. The second-order valence-corrected chi connectivity index (χ2v) is 6.71. The van der Waals surface area contributed by atoms with Crippen molar-refractivity contribution < 1.29 is 17.9 Å². The Morgan fingerprint density at radius 3 is 2.17 bits per heavy atom. The van der Waals surface area contributed by atoms with E-state index < -0.39 is 10.0 Å². The summed E-state index contributed by atoms with van der Waals surface area (Å²) in [5.74, 6) is 0.136. The maximum atomic E-state index is 12.2. The molecule has 0 amide bonds. The van der Waals surface area contributed by atoms with Crippen LogP contribution >= 0.6 is 23.2 Å². The van der Waals surface area contributed by atoms with E-state index in [9.17, 15) is 8.42 Å². The molecule has 2 rings (SSSR count). The van der Waals surface area contributed by atoms with Crippen LogP contribution in [-0.4, -0.2) is 37.6 Å². The summed E-state index contributed by atoms with van der Waals surface area (Å²) in [6, 6.07) is 4.01. The molecule has 0 spiro atoms. The Hall–Kier alpha value is -1.68. The summed E-state index contributed by atoms with van der Waals surface area (Å²) in [5.41, 5.74) is 0. The van der Waals surface area contributed by atoms with Gasteiger partial charge in [0.05, 0.1) is 35.7 Å². The number of aromatic nitrogens is 3. The molecule has 0 fully saturated rings. The van der Waals surface area contributed by atoms with Crippen molar-refractivity contribution >= 4 is 33.2 Å². The second-order valence-electron chi connectivity index (χ2n) is 4.13. The lowest BCUT2D eigenvalue weighted by Crippen LogP contribution is -2.24. The molecule has 0 saturated carbocycles. The van der Waals surface area contributed by atoms with Gasteiger partial charge in [-0.2, -0.15) is 9.97 Å². The standard InChI is InChI=1S/C12H12Cl2N4O4S/c1-21-11-16-10(17-12(18-11)22-2)6-15-23(19,20)7-3-4-8(13)9(14)5-7/h3-5,15H,6H2,1-2H3. The Morgan fingerprint density at radius 2 is 1.65 bits per heavy atom. The lowest BCUT2D eigenvalue weighted by Gasteiger charge is -2.08. The maximum Gasteiger partial charge on any atom is 0.322 e. The summed E-state index contributed by atoms with van der Waals surface area (Å²) < 4.78 is 36.6. The van der Waals surface area contributed by atoms with Gasteiger partial charge in [-0.3, -0.25) is 0 Å². The number of benzene rings is 1. The van der Waals surface area contributed by atoms with E-state index in [0.29, 0.717) is 0 Å². The minimum absolute atomic E-state index is 0.0144. The van der Waals surface area contributed by atoms with Gasteiger partial charge in [0.2, 0.25) is 10.0 Å². The van der Waals surface area contributed by atoms with Crippen molar-refractivity contribution in [3.63, 3.8) is 0 Å². The minimum atomic E-state index is -3.81. The fourth-order valence-corrected chi connectivity index (χ4v) is 2.89. The highest BCUT2D eigenvalue weighted by Gasteiger charge is 2.17. The molecule has 0 bridgehead atoms. The Balaban J connectivity index is 2.20. The van der Waals surface area contributed by atoms with Crippen LogP contribution in [0.4, 0.5) is 0 Å². The molecule has 1 heterocycles. The quantitative estimate of drug-likeness (QED) is 0.814. The van der Waals surface area contributed by atoms with E-state index in [2.05, 4.69) is 19.7 Å². The summed E-state index contributed by atoms with van der Waals surface area (Å²) in [7, 11) is -1.07. The fourth-order valence-electron chi connectivity index (χ4n) is 1.53. The zero-order valence-corrected chi connectivity index (χ0v) is 14.4. The van der Waals surface area contributed by atoms with Gasteiger partial charge in [0.25, 0.3) is 0 Å². The van der Waals surface area contributed by atoms with E-state index in [-0.39, 0.29) is 39.3 Å². The largest absolute Gasteiger partial charge is 0.467 e. The first kappa shape index (κ1) is 17.7. The van der Waals surface area contributed by atoms with Crippen molar-refractivity contribution in [2.45, 2.75) is 11.4 Å². The first-order valence-electron chi connectivity index (χ1n) is 6.13. The smallest absolute Gasteiger partial charge is 0.322 e. The highest BCUT2D eigenvalue weighted by Crippen LogP contribution is 2.24. The van der Waals surface area contributed by atoms with Crippen LogP contribution in [0.1, 0.15) is 5.82 Å². The van der Waals surface area contributed by atoms with Crippen LogP contribution in [0.15, 0.2) is 23.1 Å². The van der Waals surface area contributed by atoms with Crippen molar-refractivity contribution in [3.8, 4) is 12.0 Å². The summed E-state index contributed by atoms with van der Waals surface area (Å²) in [4.78, 5) is 11.6. The summed E-state index contributed by atoms with van der Waals surface area (Å²) in [6.45, 7) is -0.183. The van der Waals surface area contributed by atoms with Gasteiger partial charge >= 0.3 is 12.0 Å². The zero-order chi connectivity index (χ0) is 17.0. The Kier molecular flexibility index (Phi) is 5.58. The number of sulfonamides is 1. The van der Waals surface area contributed by atoms with E-state index in [0.717, 1.165) is 0 Å². The third-order valence-corrected chi connectivity index (χ3v) is 4.77. The number of ether oxygens (including phenoxy) is 2. The van der Waals surface area contributed by atoms with Gasteiger partial charge in [-0.05, 0) is 18.2 Å². The van der Waals surface area contributed by atoms with Crippen molar-refractivity contribution in [2.75, 3.05) is 14.2 Å². The van der Waals surface area contributed by atoms with Crippen molar-refractivity contribution in [1.82, 2.24) is 19.7 Å². The second kappa shape index (κ2) is 7.26. The average Bonchev–Trinajstić information content (AvgIpc) is 2.55. The molecule has 0 saturated heterocycles. The molecule has 1 N–H and O–H groups in total. The number of halogens is 2. The molecule has 8 nitrogen and oxygen atoms in total. The number of methoxy groups -OCH3 is 2. The highest BCUT2D eigenvalue weighted by atomic mass is 35.5. The Bertz CT molecular complexity index is 794. The van der Waals surface area contributed by atoms with E-state index >= 15 is 0 Å². The maximum absolute atomic E-state index is 12.2. The summed E-state index contributed by atoms with van der Waals surface area (Å²) in [6.07, 6.45) is 0. The van der Waals surface area contributed by atoms with Crippen LogP contribution in [0.2, 0.25) is 10.0 Å². The third kappa shape index (κ3) is 4.41. The average molecular weight is 379 g/mol. The lowest BCUT2D eigenvalue weighted by atomic mass is 10.4. The molecular weight excluding hydrogens is 367 g/mol. The van der Waals surface area contributed by atoms with Crippen LogP contribution < -0.4 is 14.2 Å². The minimum Gasteiger partial charge on any atom is -0.467 e. The van der Waals surface area contributed by atoms with Crippen molar-refractivity contribution in [1.29, 1.82) is 0 Å². The third-order valence-electron chi connectivity index (χ3n) is 2.63. The molecule has 2 aromatic rings. The van der Waals surface area contributed by atoms with Gasteiger partial charge in [-0.15, -0.1) is 4.98 Å². The summed E-state index contributed by atoms with van der Waals surface area (Å²) >= 11 is 11.6. The number of hydrogen-bond donors (Lipinski definition) is 1. The Morgan fingerprint density at radius 1 is 1.04 bits per heavy atom. The van der Waals surface area contributed by atoms with Crippen molar-refractivity contribution in [3.05, 3.63) is 34.1 Å². The molecule has 0 atom stereocenters. The van der Waals surface area contributed by atoms with Gasteiger partial charge < -0.3 is 9.47 Å².